The van der Waals surface area contributed by atoms with Gasteiger partial charge in [0, 0.05) is 5.75 Å². The number of Topliss-reactive ketones (excluding diaryl/α,β-unsaturated/α-hetero) is 1. The summed E-state index contributed by atoms with van der Waals surface area (Å²) in [6.45, 7) is 0.765. The molecule has 0 aliphatic rings. The molecule has 0 aromatic heterocycles. The van der Waals surface area contributed by atoms with Gasteiger partial charge in [-0.3, -0.25) is 19.2 Å². The second-order valence-corrected chi connectivity index (χ2v) is 4.95. The average molecular weight is 304 g/mol. The van der Waals surface area contributed by atoms with E-state index < -0.39 is 23.8 Å². The summed E-state index contributed by atoms with van der Waals surface area (Å²) in [6.07, 6.45) is 1.82. The van der Waals surface area contributed by atoms with E-state index in [-0.39, 0.29) is 25.4 Å². The van der Waals surface area contributed by atoms with E-state index in [2.05, 4.69) is 16.0 Å². The van der Waals surface area contributed by atoms with Crippen LogP contribution in [0.4, 0.5) is 0 Å². The van der Waals surface area contributed by atoms with Crippen LogP contribution in [0.2, 0.25) is 0 Å². The van der Waals surface area contributed by atoms with Crippen LogP contribution in [-0.4, -0.2) is 61.2 Å². The van der Waals surface area contributed by atoms with Gasteiger partial charge < -0.3 is 21.7 Å². The molecule has 0 aromatic rings. The fraction of sp³-hybridized carbons (Fsp3) is 0.636. The number of carbonyl (C=O) groups is 4. The first-order valence-electron chi connectivity index (χ1n) is 5.91. The Morgan fingerprint density at radius 2 is 1.50 bits per heavy atom. The van der Waals surface area contributed by atoms with Gasteiger partial charge in [0.25, 0.3) is 0 Å². The summed E-state index contributed by atoms with van der Waals surface area (Å²) < 4.78 is 0. The lowest BCUT2D eigenvalue weighted by Crippen LogP contribution is -2.47. The lowest BCUT2D eigenvalue weighted by molar-refractivity contribution is -0.128. The monoisotopic (exact) mass is 304 g/mol. The molecule has 3 amide bonds. The van der Waals surface area contributed by atoms with Crippen molar-refractivity contribution in [3.05, 3.63) is 0 Å². The Morgan fingerprint density at radius 1 is 1.00 bits per heavy atom. The van der Waals surface area contributed by atoms with E-state index in [1.54, 1.807) is 0 Å². The van der Waals surface area contributed by atoms with Crippen molar-refractivity contribution < 1.29 is 19.2 Å². The third-order valence-corrected chi connectivity index (χ3v) is 2.78. The minimum absolute atomic E-state index is 0.0744. The van der Waals surface area contributed by atoms with Crippen LogP contribution < -0.4 is 21.7 Å². The second kappa shape index (κ2) is 10.2. The first-order chi connectivity index (χ1) is 9.36. The van der Waals surface area contributed by atoms with Crippen molar-refractivity contribution in [2.24, 2.45) is 5.73 Å². The van der Waals surface area contributed by atoms with Crippen molar-refractivity contribution in [3.8, 4) is 0 Å². The Bertz CT molecular complexity index is 375. The first kappa shape index (κ1) is 18.4. The van der Waals surface area contributed by atoms with E-state index in [4.69, 9.17) is 5.73 Å². The smallest absolute Gasteiger partial charge is 0.239 e. The molecule has 0 unspecified atom stereocenters. The van der Waals surface area contributed by atoms with Crippen LogP contribution in [0.5, 0.6) is 0 Å². The summed E-state index contributed by atoms with van der Waals surface area (Å²) in [5.74, 6) is -1.12. The lowest BCUT2D eigenvalue weighted by Gasteiger charge is -2.11. The molecule has 0 radical (unpaired) electrons. The molecule has 20 heavy (non-hydrogen) atoms. The molecule has 0 saturated heterocycles. The predicted molar refractivity (Wildman–Crippen MR) is 76.1 cm³/mol. The zero-order valence-electron chi connectivity index (χ0n) is 11.5. The summed E-state index contributed by atoms with van der Waals surface area (Å²) in [7, 11) is 0. The van der Waals surface area contributed by atoms with E-state index in [9.17, 15) is 19.2 Å². The van der Waals surface area contributed by atoms with Gasteiger partial charge >= 0.3 is 0 Å². The maximum absolute atomic E-state index is 11.4. The number of ketones is 1. The van der Waals surface area contributed by atoms with Crippen LogP contribution in [0.25, 0.3) is 0 Å². The van der Waals surface area contributed by atoms with Gasteiger partial charge in [0.2, 0.25) is 17.7 Å². The van der Waals surface area contributed by atoms with E-state index in [0.29, 0.717) is 5.75 Å². The number of hydrogen-bond acceptors (Lipinski definition) is 6. The van der Waals surface area contributed by atoms with Crippen molar-refractivity contribution in [1.82, 2.24) is 16.0 Å². The van der Waals surface area contributed by atoms with Crippen LogP contribution in [0, 0.1) is 0 Å². The zero-order chi connectivity index (χ0) is 15.5. The fourth-order valence-corrected chi connectivity index (χ4v) is 1.59. The Morgan fingerprint density at radius 3 is 2.00 bits per heavy atom. The first-order valence-corrected chi connectivity index (χ1v) is 7.31. The molecule has 0 spiro atoms. The molecule has 0 rings (SSSR count). The molecule has 0 aliphatic heterocycles. The molecule has 0 bridgehead atoms. The zero-order valence-corrected chi connectivity index (χ0v) is 12.3. The predicted octanol–water partition coefficient (Wildman–Crippen LogP) is -2.39. The second-order valence-electron chi connectivity index (χ2n) is 4.04. The minimum atomic E-state index is -0.670. The van der Waals surface area contributed by atoms with E-state index >= 15 is 0 Å². The van der Waals surface area contributed by atoms with Crippen molar-refractivity contribution in [3.63, 3.8) is 0 Å². The number of hydrogen-bond donors (Lipinski definition) is 4. The minimum Gasteiger partial charge on any atom is -0.348 e. The maximum Gasteiger partial charge on any atom is 0.239 e. The van der Waals surface area contributed by atoms with E-state index in [1.165, 1.54) is 18.7 Å². The molecular weight excluding hydrogens is 284 g/mol. The fourth-order valence-electron chi connectivity index (χ4n) is 1.08. The Hall–Kier alpha value is -1.61. The highest BCUT2D eigenvalue weighted by Gasteiger charge is 2.13. The Kier molecular flexibility index (Phi) is 9.39. The number of rotatable bonds is 9. The van der Waals surface area contributed by atoms with Crippen molar-refractivity contribution in [2.75, 3.05) is 31.6 Å². The van der Waals surface area contributed by atoms with Gasteiger partial charge in [0.15, 0.2) is 0 Å². The highest BCUT2D eigenvalue weighted by molar-refractivity contribution is 7.98. The summed E-state index contributed by atoms with van der Waals surface area (Å²) in [6, 6.07) is -0.670. The number of carbonyl (C=O) groups excluding carboxylic acids is 4. The largest absolute Gasteiger partial charge is 0.348 e. The molecule has 1 atom stereocenters. The summed E-state index contributed by atoms with van der Waals surface area (Å²) in [5, 5.41) is 7.00. The molecule has 9 heteroatoms. The highest BCUT2D eigenvalue weighted by Crippen LogP contribution is 1.93. The molecule has 5 N–H and O–H groups in total. The molecule has 0 saturated carbocycles. The number of nitrogens with two attached hydrogens (primary N) is 1. The quantitative estimate of drug-likeness (QED) is 0.376. The van der Waals surface area contributed by atoms with Gasteiger partial charge in [-0.1, -0.05) is 0 Å². The van der Waals surface area contributed by atoms with Crippen molar-refractivity contribution in [2.45, 2.75) is 13.0 Å². The van der Waals surface area contributed by atoms with Crippen LogP contribution >= 0.6 is 11.8 Å². The van der Waals surface area contributed by atoms with E-state index in [1.807, 2.05) is 6.26 Å². The highest BCUT2D eigenvalue weighted by atomic mass is 32.2. The Balaban J connectivity index is 3.81. The molecular formula is C11H20N4O4S. The summed E-state index contributed by atoms with van der Waals surface area (Å²) >= 11 is 1.43. The molecule has 0 aliphatic carbocycles. The third kappa shape index (κ3) is 9.34. The SMILES string of the molecule is CSC[C@@H](N)C(=O)NCC(=O)NCC(=O)NCC(C)=O. The molecule has 0 aromatic carbocycles. The number of nitrogens with one attached hydrogen (secondary N) is 3. The number of amides is 3. The molecule has 114 valence electrons. The molecule has 0 fully saturated rings. The topological polar surface area (TPSA) is 130 Å². The normalized spacial score (nSPS) is 11.3. The average Bonchev–Trinajstić information content (AvgIpc) is 2.40. The maximum atomic E-state index is 11.4. The van der Waals surface area contributed by atoms with E-state index in [0.717, 1.165) is 0 Å². The molecule has 0 heterocycles. The van der Waals surface area contributed by atoms with Gasteiger partial charge in [-0.05, 0) is 13.2 Å². The van der Waals surface area contributed by atoms with Gasteiger partial charge in [0.1, 0.15) is 5.78 Å². The Labute approximate surface area is 121 Å². The lowest BCUT2D eigenvalue weighted by atomic mass is 10.3. The summed E-state index contributed by atoms with van der Waals surface area (Å²) in [4.78, 5) is 44.6. The van der Waals surface area contributed by atoms with Crippen LogP contribution in [0.3, 0.4) is 0 Å². The van der Waals surface area contributed by atoms with Crippen molar-refractivity contribution >= 4 is 35.3 Å². The van der Waals surface area contributed by atoms with Gasteiger partial charge in [0.05, 0.1) is 25.7 Å². The standard InChI is InChI=1S/C11H20N4O4S/c1-7(16)3-13-9(17)4-14-10(18)5-15-11(19)8(12)6-20-2/h8H,3-6,12H2,1-2H3,(H,13,17)(H,14,18)(H,15,19)/t8-/m1/s1. The van der Waals surface area contributed by atoms with Gasteiger partial charge in [-0.25, -0.2) is 0 Å². The summed E-state index contributed by atoms with van der Waals surface area (Å²) in [5.41, 5.74) is 5.54. The van der Waals surface area contributed by atoms with Crippen LogP contribution in [0.15, 0.2) is 0 Å². The van der Waals surface area contributed by atoms with Gasteiger partial charge in [-0.15, -0.1) is 0 Å². The van der Waals surface area contributed by atoms with Crippen molar-refractivity contribution in [1.29, 1.82) is 0 Å². The van der Waals surface area contributed by atoms with Crippen LogP contribution in [-0.2, 0) is 19.2 Å². The third-order valence-electron chi connectivity index (χ3n) is 2.09. The number of thioether (sulfide) groups is 1. The van der Waals surface area contributed by atoms with Crippen LogP contribution in [0.1, 0.15) is 6.92 Å². The van der Waals surface area contributed by atoms with Gasteiger partial charge in [-0.2, -0.15) is 11.8 Å². The molecule has 8 nitrogen and oxygen atoms in total.